The molecule has 0 aliphatic carbocycles. The Morgan fingerprint density at radius 1 is 1.33 bits per heavy atom. The summed E-state index contributed by atoms with van der Waals surface area (Å²) in [6, 6.07) is 4.77. The Morgan fingerprint density at radius 3 is 2.48 bits per heavy atom. The first-order chi connectivity index (χ1) is 9.80. The number of piperidine rings is 1. The molecular weight excluding hydrogens is 354 g/mol. The Labute approximate surface area is 135 Å². The lowest BCUT2D eigenvalue weighted by molar-refractivity contribution is 0.225. The van der Waals surface area contributed by atoms with Gasteiger partial charge in [-0.05, 0) is 67.0 Å². The van der Waals surface area contributed by atoms with Crippen LogP contribution in [0, 0.1) is 5.92 Å². The van der Waals surface area contributed by atoms with Crippen molar-refractivity contribution in [2.45, 2.75) is 17.7 Å². The highest BCUT2D eigenvalue weighted by Gasteiger charge is 2.29. The standard InChI is InChI=1S/C14H22BrN3O2S/c1-17(2)10-11-5-7-18(8-6-11)21(19,20)12-3-4-14(16)13(15)9-12/h3-4,9,11H,5-8,10,16H2,1-2H3. The van der Waals surface area contributed by atoms with E-state index in [0.29, 0.717) is 34.1 Å². The quantitative estimate of drug-likeness (QED) is 0.817. The maximum Gasteiger partial charge on any atom is 0.243 e. The minimum absolute atomic E-state index is 0.301. The summed E-state index contributed by atoms with van der Waals surface area (Å²) in [6.45, 7) is 2.19. The van der Waals surface area contributed by atoms with E-state index < -0.39 is 10.0 Å². The van der Waals surface area contributed by atoms with Crippen LogP contribution in [0.25, 0.3) is 0 Å². The van der Waals surface area contributed by atoms with E-state index in [9.17, 15) is 8.42 Å². The first-order valence-electron chi connectivity index (χ1n) is 7.00. The Morgan fingerprint density at radius 2 is 1.95 bits per heavy atom. The minimum Gasteiger partial charge on any atom is -0.398 e. The number of anilines is 1. The second-order valence-electron chi connectivity index (χ2n) is 5.79. The van der Waals surface area contributed by atoms with Crippen molar-refractivity contribution < 1.29 is 8.42 Å². The van der Waals surface area contributed by atoms with Crippen molar-refractivity contribution in [3.8, 4) is 0 Å². The average molecular weight is 376 g/mol. The second kappa shape index (κ2) is 6.64. The summed E-state index contributed by atoms with van der Waals surface area (Å²) in [4.78, 5) is 2.46. The lowest BCUT2D eigenvalue weighted by Crippen LogP contribution is -2.40. The van der Waals surface area contributed by atoms with Crippen LogP contribution >= 0.6 is 15.9 Å². The zero-order chi connectivity index (χ0) is 15.6. The monoisotopic (exact) mass is 375 g/mol. The van der Waals surface area contributed by atoms with Crippen LogP contribution in [0.3, 0.4) is 0 Å². The van der Waals surface area contributed by atoms with Gasteiger partial charge in [0.2, 0.25) is 10.0 Å². The normalized spacial score (nSPS) is 18.3. The lowest BCUT2D eigenvalue weighted by atomic mass is 9.98. The van der Waals surface area contributed by atoms with Crippen molar-refractivity contribution >= 4 is 31.6 Å². The summed E-state index contributed by atoms with van der Waals surface area (Å²) in [7, 11) is 0.682. The SMILES string of the molecule is CN(C)CC1CCN(S(=O)(=O)c2ccc(N)c(Br)c2)CC1. The molecule has 0 bridgehead atoms. The summed E-state index contributed by atoms with van der Waals surface area (Å²) in [6.07, 6.45) is 1.82. The van der Waals surface area contributed by atoms with Crippen LogP contribution in [-0.4, -0.2) is 51.4 Å². The highest BCUT2D eigenvalue weighted by atomic mass is 79.9. The third-order valence-electron chi connectivity index (χ3n) is 3.81. The topological polar surface area (TPSA) is 66.6 Å². The van der Waals surface area contributed by atoms with Crippen LogP contribution in [0.15, 0.2) is 27.6 Å². The molecule has 1 aromatic rings. The fourth-order valence-electron chi connectivity index (χ4n) is 2.67. The summed E-state index contributed by atoms with van der Waals surface area (Å²) < 4.78 is 27.5. The van der Waals surface area contributed by atoms with Gasteiger partial charge in [-0.2, -0.15) is 4.31 Å². The largest absolute Gasteiger partial charge is 0.398 e. The van der Waals surface area contributed by atoms with E-state index in [1.54, 1.807) is 22.5 Å². The molecule has 7 heteroatoms. The molecule has 0 amide bonds. The maximum atomic E-state index is 12.6. The lowest BCUT2D eigenvalue weighted by Gasteiger charge is -2.32. The molecule has 0 saturated carbocycles. The van der Waals surface area contributed by atoms with Crippen molar-refractivity contribution in [1.82, 2.24) is 9.21 Å². The molecular formula is C14H22BrN3O2S. The molecule has 1 aromatic carbocycles. The molecule has 118 valence electrons. The molecule has 1 aliphatic heterocycles. The predicted octanol–water partition coefficient (Wildman–Crippen LogP) is 1.99. The van der Waals surface area contributed by atoms with Gasteiger partial charge < -0.3 is 10.6 Å². The Bertz CT molecular complexity index is 596. The Hall–Kier alpha value is -0.630. The number of rotatable bonds is 4. The van der Waals surface area contributed by atoms with Gasteiger partial charge in [0.1, 0.15) is 0 Å². The van der Waals surface area contributed by atoms with Gasteiger partial charge in [-0.25, -0.2) is 8.42 Å². The number of hydrogen-bond donors (Lipinski definition) is 1. The number of nitrogens with two attached hydrogens (primary N) is 1. The highest BCUT2D eigenvalue weighted by Crippen LogP contribution is 2.28. The predicted molar refractivity (Wildman–Crippen MR) is 88.6 cm³/mol. The zero-order valence-corrected chi connectivity index (χ0v) is 14.8. The fraction of sp³-hybridized carbons (Fsp3) is 0.571. The second-order valence-corrected chi connectivity index (χ2v) is 8.59. The van der Waals surface area contributed by atoms with Crippen LogP contribution in [0.4, 0.5) is 5.69 Å². The fourth-order valence-corrected chi connectivity index (χ4v) is 4.69. The molecule has 0 radical (unpaired) electrons. The van der Waals surface area contributed by atoms with Gasteiger partial charge in [0.05, 0.1) is 4.90 Å². The van der Waals surface area contributed by atoms with Crippen molar-refractivity contribution in [3.05, 3.63) is 22.7 Å². The summed E-state index contributed by atoms with van der Waals surface area (Å²) in [5, 5.41) is 0. The van der Waals surface area contributed by atoms with Gasteiger partial charge in [-0.3, -0.25) is 0 Å². The van der Waals surface area contributed by atoms with Crippen LogP contribution in [0.2, 0.25) is 0 Å². The molecule has 0 atom stereocenters. The molecule has 0 aromatic heterocycles. The first kappa shape index (κ1) is 16.7. The van der Waals surface area contributed by atoms with E-state index in [1.165, 1.54) is 0 Å². The molecule has 5 nitrogen and oxygen atoms in total. The van der Waals surface area contributed by atoms with E-state index >= 15 is 0 Å². The van der Waals surface area contributed by atoms with Gasteiger partial charge in [0.15, 0.2) is 0 Å². The van der Waals surface area contributed by atoms with Gasteiger partial charge in [0, 0.05) is 29.8 Å². The molecule has 2 N–H and O–H groups in total. The van der Waals surface area contributed by atoms with Crippen LogP contribution in [0.1, 0.15) is 12.8 Å². The number of nitrogens with zero attached hydrogens (tertiary/aromatic N) is 2. The van der Waals surface area contributed by atoms with Crippen LogP contribution < -0.4 is 5.73 Å². The number of halogens is 1. The van der Waals surface area contributed by atoms with E-state index in [-0.39, 0.29) is 0 Å². The smallest absolute Gasteiger partial charge is 0.243 e. The van der Waals surface area contributed by atoms with Crippen LogP contribution in [-0.2, 0) is 10.0 Å². The molecule has 1 fully saturated rings. The van der Waals surface area contributed by atoms with Crippen molar-refractivity contribution in [2.24, 2.45) is 5.92 Å². The van der Waals surface area contributed by atoms with E-state index in [2.05, 4.69) is 34.9 Å². The molecule has 0 unspecified atom stereocenters. The van der Waals surface area contributed by atoms with Gasteiger partial charge in [0.25, 0.3) is 0 Å². The molecule has 1 heterocycles. The summed E-state index contributed by atoms with van der Waals surface area (Å²) in [5.74, 6) is 0.574. The Kier molecular flexibility index (Phi) is 5.29. The summed E-state index contributed by atoms with van der Waals surface area (Å²) in [5.41, 5.74) is 6.26. The van der Waals surface area contributed by atoms with Crippen LogP contribution in [0.5, 0.6) is 0 Å². The van der Waals surface area contributed by atoms with Crippen molar-refractivity contribution in [3.63, 3.8) is 0 Å². The third kappa shape index (κ3) is 3.97. The molecule has 0 spiro atoms. The average Bonchev–Trinajstić information content (AvgIpc) is 2.41. The highest BCUT2D eigenvalue weighted by molar-refractivity contribution is 9.10. The van der Waals surface area contributed by atoms with E-state index in [1.807, 2.05) is 0 Å². The number of nitrogen functional groups attached to an aromatic ring is 1. The van der Waals surface area contributed by atoms with Gasteiger partial charge >= 0.3 is 0 Å². The number of benzene rings is 1. The minimum atomic E-state index is -3.42. The molecule has 1 saturated heterocycles. The number of sulfonamides is 1. The zero-order valence-electron chi connectivity index (χ0n) is 12.4. The third-order valence-corrected chi connectivity index (χ3v) is 6.39. The molecule has 21 heavy (non-hydrogen) atoms. The first-order valence-corrected chi connectivity index (χ1v) is 9.24. The number of hydrogen-bond acceptors (Lipinski definition) is 4. The molecule has 1 aliphatic rings. The van der Waals surface area contributed by atoms with Gasteiger partial charge in [-0.1, -0.05) is 0 Å². The van der Waals surface area contributed by atoms with Crippen molar-refractivity contribution in [1.29, 1.82) is 0 Å². The molecule has 2 rings (SSSR count). The van der Waals surface area contributed by atoms with Gasteiger partial charge in [-0.15, -0.1) is 0 Å². The Balaban J connectivity index is 2.09. The summed E-state index contributed by atoms with van der Waals surface area (Å²) >= 11 is 3.29. The maximum absolute atomic E-state index is 12.6. The van der Waals surface area contributed by atoms with Crippen molar-refractivity contribution in [2.75, 3.05) is 39.5 Å². The van der Waals surface area contributed by atoms with E-state index in [4.69, 9.17) is 5.73 Å². The van der Waals surface area contributed by atoms with E-state index in [0.717, 1.165) is 19.4 Å².